The van der Waals surface area contributed by atoms with Crippen LogP contribution in [0.3, 0.4) is 0 Å². The van der Waals surface area contributed by atoms with Gasteiger partial charge in [-0.05, 0) is 19.5 Å². The number of piperidine rings is 2. The molecule has 86 valence electrons. The molecule has 16 heavy (non-hydrogen) atoms. The Labute approximate surface area is 94.8 Å². The van der Waals surface area contributed by atoms with E-state index in [4.69, 9.17) is 4.74 Å². The maximum absolute atomic E-state index is 5.83. The predicted octanol–water partition coefficient (Wildman–Crippen LogP) is 0.310. The van der Waals surface area contributed by atoms with Gasteiger partial charge in [-0.1, -0.05) is 0 Å². The summed E-state index contributed by atoms with van der Waals surface area (Å²) in [6, 6.07) is 2.32. The van der Waals surface area contributed by atoms with Crippen molar-refractivity contribution in [3.05, 3.63) is 18.5 Å². The van der Waals surface area contributed by atoms with Crippen LogP contribution in [0.2, 0.25) is 0 Å². The topological polar surface area (TPSA) is 50.3 Å². The van der Waals surface area contributed by atoms with E-state index >= 15 is 0 Å². The summed E-state index contributed by atoms with van der Waals surface area (Å²) >= 11 is 0. The van der Waals surface area contributed by atoms with E-state index in [1.807, 2.05) is 7.05 Å². The number of fused-ring (bicyclic) bond motifs is 2. The summed E-state index contributed by atoms with van der Waals surface area (Å²) in [5, 5.41) is 2.25. The fourth-order valence-corrected chi connectivity index (χ4v) is 2.69. The maximum Gasteiger partial charge on any atom is 0.316 e. The number of hydrogen-bond acceptors (Lipinski definition) is 5. The molecule has 2 atom stereocenters. The van der Waals surface area contributed by atoms with Crippen molar-refractivity contribution in [1.29, 1.82) is 0 Å². The normalized spacial score (nSPS) is 33.2. The van der Waals surface area contributed by atoms with E-state index in [0.29, 0.717) is 24.0 Å². The molecule has 0 aromatic carbocycles. The van der Waals surface area contributed by atoms with Crippen LogP contribution in [0.15, 0.2) is 18.5 Å². The molecule has 1 aliphatic carbocycles. The molecule has 4 rings (SSSR count). The van der Waals surface area contributed by atoms with Crippen molar-refractivity contribution in [2.75, 3.05) is 20.1 Å². The zero-order chi connectivity index (χ0) is 11.0. The molecule has 0 radical (unpaired) electrons. The SMILES string of the molecule is CNN1CC2CC(C1)C2Oc1ncccn1. The van der Waals surface area contributed by atoms with Crippen LogP contribution in [0.5, 0.6) is 6.01 Å². The van der Waals surface area contributed by atoms with Gasteiger partial charge in [-0.15, -0.1) is 0 Å². The minimum absolute atomic E-state index is 0.312. The maximum atomic E-state index is 5.83. The van der Waals surface area contributed by atoms with Gasteiger partial charge in [-0.3, -0.25) is 5.43 Å². The summed E-state index contributed by atoms with van der Waals surface area (Å²) in [6.07, 6.45) is 5.02. The minimum atomic E-state index is 0.312. The molecule has 3 heterocycles. The van der Waals surface area contributed by atoms with E-state index in [9.17, 15) is 0 Å². The molecule has 5 nitrogen and oxygen atoms in total. The number of hydrogen-bond donors (Lipinski definition) is 1. The molecular formula is C11H16N4O. The smallest absolute Gasteiger partial charge is 0.316 e. The number of nitrogens with zero attached hydrogens (tertiary/aromatic N) is 3. The molecule has 3 aliphatic rings. The van der Waals surface area contributed by atoms with Crippen LogP contribution in [0.4, 0.5) is 0 Å². The number of nitrogens with one attached hydrogen (secondary N) is 1. The predicted molar refractivity (Wildman–Crippen MR) is 58.7 cm³/mol. The summed E-state index contributed by atoms with van der Waals surface area (Å²) in [7, 11) is 1.97. The average molecular weight is 220 g/mol. The lowest BCUT2D eigenvalue weighted by Gasteiger charge is -2.52. The fraction of sp³-hybridized carbons (Fsp3) is 0.636. The lowest BCUT2D eigenvalue weighted by atomic mass is 9.68. The largest absolute Gasteiger partial charge is 0.459 e. The van der Waals surface area contributed by atoms with Crippen LogP contribution in [0, 0.1) is 11.8 Å². The van der Waals surface area contributed by atoms with Gasteiger partial charge in [0.1, 0.15) is 6.10 Å². The molecule has 1 aromatic rings. The third kappa shape index (κ3) is 1.66. The Bertz CT molecular complexity index is 346. The first-order valence-corrected chi connectivity index (χ1v) is 5.73. The quantitative estimate of drug-likeness (QED) is 0.794. The van der Waals surface area contributed by atoms with Crippen molar-refractivity contribution in [1.82, 2.24) is 20.4 Å². The standard InChI is InChI=1S/C11H16N4O/c1-12-15-6-8-5-9(7-15)10(8)16-11-13-3-2-4-14-11/h2-4,8-10,12H,5-7H2,1H3. The molecule has 1 aromatic heterocycles. The van der Waals surface area contributed by atoms with E-state index in [1.54, 1.807) is 18.5 Å². The van der Waals surface area contributed by atoms with Gasteiger partial charge in [0.05, 0.1) is 0 Å². The van der Waals surface area contributed by atoms with E-state index in [1.165, 1.54) is 6.42 Å². The third-order valence-electron chi connectivity index (χ3n) is 3.54. The van der Waals surface area contributed by atoms with Crippen LogP contribution >= 0.6 is 0 Å². The molecular weight excluding hydrogens is 204 g/mol. The van der Waals surface area contributed by atoms with Gasteiger partial charge in [-0.2, -0.15) is 0 Å². The molecule has 2 unspecified atom stereocenters. The van der Waals surface area contributed by atoms with Crippen molar-refractivity contribution in [3.63, 3.8) is 0 Å². The third-order valence-corrected chi connectivity index (χ3v) is 3.54. The van der Waals surface area contributed by atoms with Gasteiger partial charge in [0, 0.05) is 37.3 Å². The van der Waals surface area contributed by atoms with Crippen LogP contribution < -0.4 is 10.2 Å². The molecule has 0 amide bonds. The zero-order valence-corrected chi connectivity index (χ0v) is 9.34. The molecule has 3 fully saturated rings. The Morgan fingerprint density at radius 3 is 2.62 bits per heavy atom. The van der Waals surface area contributed by atoms with Gasteiger partial charge >= 0.3 is 6.01 Å². The van der Waals surface area contributed by atoms with E-state index < -0.39 is 0 Å². The lowest BCUT2D eigenvalue weighted by Crippen LogP contribution is -2.62. The highest BCUT2D eigenvalue weighted by Gasteiger charge is 2.48. The van der Waals surface area contributed by atoms with E-state index in [-0.39, 0.29) is 0 Å². The molecule has 2 aliphatic heterocycles. The molecule has 0 spiro atoms. The lowest BCUT2D eigenvalue weighted by molar-refractivity contribution is -0.107. The first kappa shape index (κ1) is 9.99. The average Bonchev–Trinajstić information content (AvgIpc) is 2.37. The van der Waals surface area contributed by atoms with Crippen molar-refractivity contribution in [2.45, 2.75) is 12.5 Å². The number of ether oxygens (including phenoxy) is 1. The first-order valence-electron chi connectivity index (χ1n) is 5.73. The van der Waals surface area contributed by atoms with Gasteiger partial charge < -0.3 is 4.74 Å². The summed E-state index contributed by atoms with van der Waals surface area (Å²) in [6.45, 7) is 2.12. The van der Waals surface area contributed by atoms with Crippen molar-refractivity contribution in [2.24, 2.45) is 11.8 Å². The number of rotatable bonds is 3. The Kier molecular flexibility index (Phi) is 2.49. The van der Waals surface area contributed by atoms with Crippen LogP contribution in [-0.4, -0.2) is 41.2 Å². The highest BCUT2D eigenvalue weighted by molar-refractivity contribution is 5.03. The Hall–Kier alpha value is -1.20. The molecule has 2 bridgehead atoms. The second-order valence-electron chi connectivity index (χ2n) is 4.50. The number of hydrazine groups is 1. The summed E-state index contributed by atoms with van der Waals surface area (Å²) in [5.74, 6) is 1.24. The van der Waals surface area contributed by atoms with Crippen molar-refractivity contribution >= 4 is 0 Å². The molecule has 2 saturated heterocycles. The highest BCUT2D eigenvalue weighted by atomic mass is 16.5. The van der Waals surface area contributed by atoms with Gasteiger partial charge in [-0.25, -0.2) is 15.0 Å². The zero-order valence-electron chi connectivity index (χ0n) is 9.34. The molecule has 1 saturated carbocycles. The second-order valence-corrected chi connectivity index (χ2v) is 4.50. The minimum Gasteiger partial charge on any atom is -0.459 e. The van der Waals surface area contributed by atoms with Crippen LogP contribution in [0.25, 0.3) is 0 Å². The first-order chi connectivity index (χ1) is 7.86. The second kappa shape index (κ2) is 3.99. The monoisotopic (exact) mass is 220 g/mol. The summed E-state index contributed by atoms with van der Waals surface area (Å²) in [5.41, 5.74) is 3.20. The summed E-state index contributed by atoms with van der Waals surface area (Å²) < 4.78 is 5.83. The van der Waals surface area contributed by atoms with Gasteiger partial charge in [0.15, 0.2) is 0 Å². The van der Waals surface area contributed by atoms with Crippen molar-refractivity contribution < 1.29 is 4.74 Å². The van der Waals surface area contributed by atoms with Crippen molar-refractivity contribution in [3.8, 4) is 6.01 Å². The summed E-state index contributed by atoms with van der Waals surface area (Å²) in [4.78, 5) is 8.21. The van der Waals surface area contributed by atoms with Crippen LogP contribution in [-0.2, 0) is 0 Å². The highest BCUT2D eigenvalue weighted by Crippen LogP contribution is 2.41. The van der Waals surface area contributed by atoms with Crippen LogP contribution in [0.1, 0.15) is 6.42 Å². The Balaban J connectivity index is 1.63. The molecule has 5 heteroatoms. The fourth-order valence-electron chi connectivity index (χ4n) is 2.69. The van der Waals surface area contributed by atoms with Gasteiger partial charge in [0.2, 0.25) is 0 Å². The van der Waals surface area contributed by atoms with Gasteiger partial charge in [0.25, 0.3) is 0 Å². The van der Waals surface area contributed by atoms with E-state index in [0.717, 1.165) is 13.1 Å². The Morgan fingerprint density at radius 2 is 2.00 bits per heavy atom. The van der Waals surface area contributed by atoms with E-state index in [2.05, 4.69) is 20.4 Å². The Morgan fingerprint density at radius 1 is 1.31 bits per heavy atom. The molecule has 1 N–H and O–H groups in total. The number of aromatic nitrogens is 2.